The van der Waals surface area contributed by atoms with Crippen LogP contribution in [-0.4, -0.2) is 107 Å². The summed E-state index contributed by atoms with van der Waals surface area (Å²) in [5.41, 5.74) is 0. The highest BCUT2D eigenvalue weighted by molar-refractivity contribution is 5.73. The highest BCUT2D eigenvalue weighted by Gasteiger charge is 2.51. The largest absolute Gasteiger partial charge is 0.463 e. The van der Waals surface area contributed by atoms with Gasteiger partial charge in [-0.1, -0.05) is 13.8 Å². The van der Waals surface area contributed by atoms with Crippen molar-refractivity contribution < 1.29 is 57.1 Å². The predicted molar refractivity (Wildman–Crippen MR) is 132 cm³/mol. The fourth-order valence-corrected chi connectivity index (χ4v) is 3.52. The number of hydrogen-bond acceptors (Lipinski definition) is 12. The molecule has 220 valence electrons. The molecule has 1 amide bonds. The normalized spacial score (nSPS) is 23.1. The second-order valence-electron chi connectivity index (χ2n) is 9.11. The van der Waals surface area contributed by atoms with Crippen molar-refractivity contribution in [3.05, 3.63) is 0 Å². The minimum atomic E-state index is -1.17. The summed E-state index contributed by atoms with van der Waals surface area (Å²) in [5, 5.41) is 2.63. The smallest absolute Gasteiger partial charge is 0.303 e. The molecule has 13 nitrogen and oxygen atoms in total. The Morgan fingerprint density at radius 1 is 0.737 bits per heavy atom. The average molecular weight is 550 g/mol. The molecule has 13 heteroatoms. The molecule has 1 unspecified atom stereocenters. The Kier molecular flexibility index (Phi) is 16.7. The van der Waals surface area contributed by atoms with Crippen LogP contribution in [0.4, 0.5) is 0 Å². The van der Waals surface area contributed by atoms with Gasteiger partial charge < -0.3 is 43.2 Å². The first-order valence-electron chi connectivity index (χ1n) is 12.8. The molecule has 0 aromatic rings. The summed E-state index contributed by atoms with van der Waals surface area (Å²) >= 11 is 0. The zero-order chi connectivity index (χ0) is 28.5. The standard InChI is InChI=1S/C25H43NO12/c1-16(2)7-8-31-9-10-32-11-12-33-13-14-34-25-22(26-17(3)27)24(37-20(6)30)23(36-19(5)29)21(38-25)15-35-18(4)28/h16,21-25H,7-15H2,1-6H3,(H,26,27)/t21-,22-,23+,24-,25?/m1/s1. The molecule has 1 N–H and O–H groups in total. The quantitative estimate of drug-likeness (QED) is 0.146. The van der Waals surface area contributed by atoms with Gasteiger partial charge in [0, 0.05) is 34.3 Å². The first-order valence-corrected chi connectivity index (χ1v) is 12.8. The van der Waals surface area contributed by atoms with Crippen LogP contribution in [0.1, 0.15) is 48.0 Å². The van der Waals surface area contributed by atoms with Gasteiger partial charge in [0.2, 0.25) is 5.91 Å². The Hall–Kier alpha value is -2.32. The first kappa shape index (κ1) is 33.7. The molecule has 5 atom stereocenters. The molecule has 1 aliphatic heterocycles. The van der Waals surface area contributed by atoms with E-state index in [1.807, 2.05) is 0 Å². The lowest BCUT2D eigenvalue weighted by atomic mass is 9.96. The van der Waals surface area contributed by atoms with E-state index in [-0.39, 0.29) is 19.8 Å². The lowest BCUT2D eigenvalue weighted by Gasteiger charge is -2.44. The van der Waals surface area contributed by atoms with E-state index in [0.29, 0.717) is 39.0 Å². The molecule has 1 aliphatic rings. The zero-order valence-electron chi connectivity index (χ0n) is 23.2. The second-order valence-corrected chi connectivity index (χ2v) is 9.11. The summed E-state index contributed by atoms with van der Waals surface area (Å²) in [6.07, 6.45) is -3.49. The summed E-state index contributed by atoms with van der Waals surface area (Å²) < 4.78 is 44.0. The third kappa shape index (κ3) is 14.6. The number of carbonyl (C=O) groups excluding carboxylic acids is 4. The Balaban J connectivity index is 2.66. The molecule has 0 radical (unpaired) electrons. The zero-order valence-corrected chi connectivity index (χ0v) is 23.2. The van der Waals surface area contributed by atoms with Gasteiger partial charge >= 0.3 is 17.9 Å². The lowest BCUT2D eigenvalue weighted by Crippen LogP contribution is -2.66. The third-order valence-electron chi connectivity index (χ3n) is 5.16. The summed E-state index contributed by atoms with van der Waals surface area (Å²) in [6, 6.07) is -1.02. The van der Waals surface area contributed by atoms with E-state index in [2.05, 4.69) is 19.2 Å². The molecule has 0 aromatic heterocycles. The number of nitrogens with one attached hydrogen (secondary N) is 1. The Bertz CT molecular complexity index is 731. The number of esters is 3. The van der Waals surface area contributed by atoms with Gasteiger partial charge in [0.1, 0.15) is 18.8 Å². The van der Waals surface area contributed by atoms with E-state index < -0.39 is 54.5 Å². The molecule has 38 heavy (non-hydrogen) atoms. The van der Waals surface area contributed by atoms with Crippen molar-refractivity contribution in [2.45, 2.75) is 78.6 Å². The van der Waals surface area contributed by atoms with Gasteiger partial charge in [-0.2, -0.15) is 0 Å². The minimum Gasteiger partial charge on any atom is -0.463 e. The molecule has 0 aromatic carbocycles. The molecule has 0 aliphatic carbocycles. The van der Waals surface area contributed by atoms with Crippen LogP contribution in [-0.2, 0) is 57.1 Å². The minimum absolute atomic E-state index is 0.0599. The number of amides is 1. The van der Waals surface area contributed by atoms with E-state index in [0.717, 1.165) is 6.42 Å². The van der Waals surface area contributed by atoms with Gasteiger partial charge in [-0.25, -0.2) is 0 Å². The summed E-state index contributed by atoms with van der Waals surface area (Å²) in [6.45, 7) is 11.5. The number of ether oxygens (including phenoxy) is 8. The number of hydrogen-bond donors (Lipinski definition) is 1. The summed E-state index contributed by atoms with van der Waals surface area (Å²) in [5.74, 6) is -1.80. The Labute approximate surface area is 224 Å². The third-order valence-corrected chi connectivity index (χ3v) is 5.16. The van der Waals surface area contributed by atoms with Crippen molar-refractivity contribution in [1.29, 1.82) is 0 Å². The second kappa shape index (κ2) is 18.9. The molecular formula is C25H43NO12. The summed E-state index contributed by atoms with van der Waals surface area (Å²) in [7, 11) is 0. The maximum absolute atomic E-state index is 11.9. The number of carbonyl (C=O) groups is 4. The van der Waals surface area contributed by atoms with Crippen LogP contribution < -0.4 is 5.32 Å². The van der Waals surface area contributed by atoms with Crippen molar-refractivity contribution in [1.82, 2.24) is 5.32 Å². The van der Waals surface area contributed by atoms with Crippen LogP contribution in [0, 0.1) is 5.92 Å². The Morgan fingerprint density at radius 3 is 1.76 bits per heavy atom. The van der Waals surface area contributed by atoms with E-state index in [1.54, 1.807) is 0 Å². The summed E-state index contributed by atoms with van der Waals surface area (Å²) in [4.78, 5) is 46.9. The van der Waals surface area contributed by atoms with Crippen LogP contribution in [0.25, 0.3) is 0 Å². The fourth-order valence-electron chi connectivity index (χ4n) is 3.52. The molecular weight excluding hydrogens is 506 g/mol. The average Bonchev–Trinajstić information content (AvgIpc) is 2.80. The van der Waals surface area contributed by atoms with Crippen LogP contribution in [0.5, 0.6) is 0 Å². The lowest BCUT2D eigenvalue weighted by molar-refractivity contribution is -0.279. The van der Waals surface area contributed by atoms with Crippen molar-refractivity contribution >= 4 is 23.8 Å². The molecule has 1 fully saturated rings. The van der Waals surface area contributed by atoms with Crippen LogP contribution in [0.2, 0.25) is 0 Å². The van der Waals surface area contributed by atoms with Crippen molar-refractivity contribution in [3.63, 3.8) is 0 Å². The van der Waals surface area contributed by atoms with Gasteiger partial charge in [-0.15, -0.1) is 0 Å². The van der Waals surface area contributed by atoms with Gasteiger partial charge in [0.05, 0.1) is 39.6 Å². The predicted octanol–water partition coefficient (Wildman–Crippen LogP) is 0.755. The van der Waals surface area contributed by atoms with Gasteiger partial charge in [0.15, 0.2) is 18.5 Å². The van der Waals surface area contributed by atoms with E-state index in [1.165, 1.54) is 27.7 Å². The first-order chi connectivity index (χ1) is 18.0. The maximum atomic E-state index is 11.9. The van der Waals surface area contributed by atoms with Gasteiger partial charge in [0.25, 0.3) is 0 Å². The molecule has 1 heterocycles. The van der Waals surface area contributed by atoms with Crippen molar-refractivity contribution in [2.75, 3.05) is 52.9 Å². The van der Waals surface area contributed by atoms with Crippen LogP contribution >= 0.6 is 0 Å². The van der Waals surface area contributed by atoms with Crippen LogP contribution in [0.3, 0.4) is 0 Å². The molecule has 0 saturated carbocycles. The highest BCUT2D eigenvalue weighted by Crippen LogP contribution is 2.28. The van der Waals surface area contributed by atoms with E-state index in [9.17, 15) is 19.2 Å². The number of rotatable bonds is 18. The fraction of sp³-hybridized carbons (Fsp3) is 0.840. The van der Waals surface area contributed by atoms with Crippen molar-refractivity contribution in [3.8, 4) is 0 Å². The van der Waals surface area contributed by atoms with Crippen LogP contribution in [0.15, 0.2) is 0 Å². The van der Waals surface area contributed by atoms with E-state index >= 15 is 0 Å². The maximum Gasteiger partial charge on any atom is 0.303 e. The molecule has 1 rings (SSSR count). The monoisotopic (exact) mass is 549 g/mol. The SMILES string of the molecule is CC(=O)N[C@H]1C(OCCOCCOCCOCCC(C)C)O[C@H](COC(C)=O)[C@H](OC(C)=O)[C@@H]1OC(C)=O. The molecule has 0 spiro atoms. The van der Waals surface area contributed by atoms with Crippen molar-refractivity contribution in [2.24, 2.45) is 5.92 Å². The van der Waals surface area contributed by atoms with Gasteiger partial charge in [-0.05, 0) is 12.3 Å². The molecule has 0 bridgehead atoms. The molecule has 1 saturated heterocycles. The Morgan fingerprint density at radius 2 is 1.26 bits per heavy atom. The topological polar surface area (TPSA) is 154 Å². The van der Waals surface area contributed by atoms with Gasteiger partial charge in [-0.3, -0.25) is 19.2 Å². The van der Waals surface area contributed by atoms with E-state index in [4.69, 9.17) is 37.9 Å². The highest BCUT2D eigenvalue weighted by atomic mass is 16.7.